The highest BCUT2D eigenvalue weighted by Crippen LogP contribution is 2.36. The molecule has 0 fully saturated rings. The Hall–Kier alpha value is -3.99. The summed E-state index contributed by atoms with van der Waals surface area (Å²) in [4.78, 5) is 0. The second-order valence-corrected chi connectivity index (χ2v) is 7.23. The van der Waals surface area contributed by atoms with Crippen molar-refractivity contribution < 1.29 is 8.90 Å². The molecule has 0 saturated heterocycles. The van der Waals surface area contributed by atoms with E-state index in [0.29, 0.717) is 22.2 Å². The third kappa shape index (κ3) is 3.10. The van der Waals surface area contributed by atoms with Crippen LogP contribution in [0.5, 0.6) is 0 Å². The molecule has 5 rings (SSSR count). The van der Waals surface area contributed by atoms with Gasteiger partial charge in [0.25, 0.3) is 0 Å². The van der Waals surface area contributed by atoms with Gasteiger partial charge >= 0.3 is 0 Å². The molecule has 1 heterocycles. The number of furan rings is 1. The van der Waals surface area contributed by atoms with Crippen molar-refractivity contribution in [2.75, 3.05) is 23.2 Å². The molecule has 148 valence electrons. The Labute approximate surface area is 173 Å². The van der Waals surface area contributed by atoms with E-state index in [9.17, 15) is 4.48 Å². The summed E-state index contributed by atoms with van der Waals surface area (Å²) in [6.07, 6.45) is 0. The number of anilines is 4. The molecule has 0 unspecified atom stereocenters. The molecule has 4 nitrogen and oxygen atoms in total. The van der Waals surface area contributed by atoms with Crippen LogP contribution in [0.1, 0.15) is 0 Å². The van der Waals surface area contributed by atoms with E-state index < -0.39 is 0 Å². The van der Waals surface area contributed by atoms with Gasteiger partial charge in [0.2, 0.25) is 0 Å². The van der Waals surface area contributed by atoms with Gasteiger partial charge in [-0.15, -0.1) is 4.48 Å². The predicted octanol–water partition coefficient (Wildman–Crippen LogP) is 6.90. The number of nitrogens with two attached hydrogens (primary N) is 1. The average Bonchev–Trinajstić information content (AvgIpc) is 3.13. The minimum Gasteiger partial charge on any atom is -0.456 e. The molecule has 30 heavy (non-hydrogen) atoms. The number of halogens is 1. The van der Waals surface area contributed by atoms with Crippen molar-refractivity contribution in [1.82, 2.24) is 0 Å². The summed E-state index contributed by atoms with van der Waals surface area (Å²) in [5.41, 5.74) is 12.4. The molecule has 0 aliphatic heterocycles. The fourth-order valence-corrected chi connectivity index (χ4v) is 3.74. The van der Waals surface area contributed by atoms with Gasteiger partial charge in [-0.2, -0.15) is 0 Å². The summed E-state index contributed by atoms with van der Waals surface area (Å²) in [5.74, 6) is 0. The van der Waals surface area contributed by atoms with Crippen LogP contribution in [0.2, 0.25) is 0 Å². The van der Waals surface area contributed by atoms with Crippen LogP contribution >= 0.6 is 0 Å². The van der Waals surface area contributed by atoms with Crippen LogP contribution < -0.4 is 16.2 Å². The molecular weight excluding hydrogens is 377 g/mol. The zero-order chi connectivity index (χ0) is 20.7. The van der Waals surface area contributed by atoms with E-state index in [-0.39, 0.29) is 0 Å². The van der Waals surface area contributed by atoms with Crippen molar-refractivity contribution >= 4 is 44.7 Å². The van der Waals surface area contributed by atoms with Crippen LogP contribution in [-0.2, 0) is 0 Å². The van der Waals surface area contributed by atoms with Gasteiger partial charge < -0.3 is 15.5 Å². The van der Waals surface area contributed by atoms with Crippen molar-refractivity contribution in [1.29, 1.82) is 0 Å². The quantitative estimate of drug-likeness (QED) is 0.256. The van der Waals surface area contributed by atoms with Crippen LogP contribution in [0, 0.1) is 0 Å². The van der Waals surface area contributed by atoms with Gasteiger partial charge in [0.1, 0.15) is 11.2 Å². The Kier molecular flexibility index (Phi) is 4.29. The molecule has 0 atom stereocenters. The van der Waals surface area contributed by atoms with Crippen molar-refractivity contribution in [2.24, 2.45) is 0 Å². The summed E-state index contributed by atoms with van der Waals surface area (Å²) in [7, 11) is 1.37. The molecule has 0 spiro atoms. The Balaban J connectivity index is 1.57. The predicted molar refractivity (Wildman–Crippen MR) is 123 cm³/mol. The van der Waals surface area contributed by atoms with E-state index in [4.69, 9.17) is 10.2 Å². The fraction of sp³-hybridized carbons (Fsp3) is 0.0400. The number of benzene rings is 4. The number of nitrogens with one attached hydrogen (secondary N) is 1. The number of rotatable bonds is 4. The molecule has 0 saturated carbocycles. The van der Waals surface area contributed by atoms with Gasteiger partial charge in [0.15, 0.2) is 0 Å². The van der Waals surface area contributed by atoms with E-state index >= 15 is 0 Å². The van der Waals surface area contributed by atoms with Gasteiger partial charge in [0, 0.05) is 17.8 Å². The lowest BCUT2D eigenvalue weighted by Crippen LogP contribution is -2.06. The average molecular weight is 397 g/mol. The monoisotopic (exact) mass is 397 g/mol. The van der Waals surface area contributed by atoms with E-state index in [2.05, 4.69) is 17.4 Å². The number of hydrogen-bond acceptors (Lipinski definition) is 4. The lowest BCUT2D eigenvalue weighted by atomic mass is 10.0. The normalized spacial score (nSPS) is 11.1. The van der Waals surface area contributed by atoms with E-state index in [0.717, 1.165) is 38.8 Å². The molecule has 3 N–H and O–H groups in total. The maximum atomic E-state index is 13.8. The summed E-state index contributed by atoms with van der Waals surface area (Å²) in [6, 6.07) is 27.2. The second-order valence-electron chi connectivity index (χ2n) is 7.23. The number of nitrogen functional groups attached to an aromatic ring is 1. The van der Waals surface area contributed by atoms with Crippen LogP contribution in [-0.4, -0.2) is 7.05 Å². The van der Waals surface area contributed by atoms with E-state index in [1.54, 1.807) is 12.1 Å². The van der Waals surface area contributed by atoms with Gasteiger partial charge in [-0.05, 0) is 53.6 Å². The number of nitrogens with zero attached hydrogens (tertiary/aromatic N) is 1. The minimum atomic E-state index is 0.439. The third-order valence-corrected chi connectivity index (χ3v) is 5.27. The zero-order valence-electron chi connectivity index (χ0n) is 16.4. The van der Waals surface area contributed by atoms with Crippen molar-refractivity contribution in [3.05, 3.63) is 84.9 Å². The highest BCUT2D eigenvalue weighted by molar-refractivity contribution is 6.06. The highest BCUT2D eigenvalue weighted by atomic mass is 19.2. The maximum Gasteiger partial charge on any atom is 0.135 e. The summed E-state index contributed by atoms with van der Waals surface area (Å²) >= 11 is 0. The maximum absolute atomic E-state index is 13.8. The lowest BCUT2D eigenvalue weighted by molar-refractivity contribution is 0.476. The summed E-state index contributed by atoms with van der Waals surface area (Å²) < 4.78 is 19.8. The van der Waals surface area contributed by atoms with Crippen molar-refractivity contribution in [2.45, 2.75) is 0 Å². The molecule has 0 aliphatic rings. The SMILES string of the molecule is CN(F)c1ccccc1Nc1cc(-c2ccc3oc4ccccc4c3c2)ccc1N. The minimum absolute atomic E-state index is 0.439. The first-order chi connectivity index (χ1) is 14.6. The Morgan fingerprint density at radius 1 is 0.767 bits per heavy atom. The standard InChI is InChI=1S/C25H20FN3O/c1-29(26)23-8-4-3-7-21(23)28-22-15-17(10-12-20(22)27)16-11-13-25-19(14-16)18-6-2-5-9-24(18)30-25/h2-15,28H,27H2,1H3. The molecule has 0 aliphatic carbocycles. The molecule has 0 radical (unpaired) electrons. The van der Waals surface area contributed by atoms with E-state index in [1.807, 2.05) is 60.7 Å². The Bertz CT molecular complexity index is 1370. The van der Waals surface area contributed by atoms with Crippen LogP contribution in [0.15, 0.2) is 89.3 Å². The molecule has 0 amide bonds. The van der Waals surface area contributed by atoms with Gasteiger partial charge in [-0.3, -0.25) is 0 Å². The van der Waals surface area contributed by atoms with Crippen LogP contribution in [0.25, 0.3) is 33.1 Å². The molecule has 5 heteroatoms. The Morgan fingerprint density at radius 2 is 1.47 bits per heavy atom. The van der Waals surface area contributed by atoms with Gasteiger partial charge in [-0.1, -0.05) is 42.5 Å². The van der Waals surface area contributed by atoms with Crippen molar-refractivity contribution in [3.8, 4) is 11.1 Å². The Morgan fingerprint density at radius 3 is 2.33 bits per heavy atom. The summed E-state index contributed by atoms with van der Waals surface area (Å²) in [5, 5.41) is 6.01. The third-order valence-electron chi connectivity index (χ3n) is 5.27. The smallest absolute Gasteiger partial charge is 0.135 e. The molecular formula is C25H20FN3O. The lowest BCUT2D eigenvalue weighted by Gasteiger charge is -2.17. The number of hydrogen-bond donors (Lipinski definition) is 2. The first kappa shape index (κ1) is 18.1. The second kappa shape index (κ2) is 7.12. The molecule has 1 aromatic heterocycles. The van der Waals surface area contributed by atoms with E-state index in [1.165, 1.54) is 7.05 Å². The molecule has 0 bridgehead atoms. The summed E-state index contributed by atoms with van der Waals surface area (Å²) in [6.45, 7) is 0. The zero-order valence-corrected chi connectivity index (χ0v) is 16.4. The van der Waals surface area contributed by atoms with Crippen LogP contribution in [0.3, 0.4) is 0 Å². The first-order valence-electron chi connectivity index (χ1n) is 9.67. The highest BCUT2D eigenvalue weighted by Gasteiger charge is 2.11. The molecule has 4 aromatic carbocycles. The fourth-order valence-electron chi connectivity index (χ4n) is 3.74. The molecule has 5 aromatic rings. The van der Waals surface area contributed by atoms with Crippen molar-refractivity contribution in [3.63, 3.8) is 0 Å². The van der Waals surface area contributed by atoms with Crippen LogP contribution in [0.4, 0.5) is 27.2 Å². The largest absolute Gasteiger partial charge is 0.456 e. The topological polar surface area (TPSA) is 54.4 Å². The first-order valence-corrected chi connectivity index (χ1v) is 9.67. The van der Waals surface area contributed by atoms with Gasteiger partial charge in [-0.25, -0.2) is 5.12 Å². The number of para-hydroxylation sites is 3. The number of fused-ring (bicyclic) bond motifs is 3. The van der Waals surface area contributed by atoms with Gasteiger partial charge in [0.05, 0.1) is 22.7 Å².